The number of ether oxygens (including phenoxy) is 1. The first kappa shape index (κ1) is 26.5. The minimum absolute atomic E-state index is 0.0306. The minimum atomic E-state index is -0.276. The first-order chi connectivity index (χ1) is 20.0. The lowest BCUT2D eigenvalue weighted by atomic mass is 9.88. The average Bonchev–Trinajstić information content (AvgIpc) is 3.00. The summed E-state index contributed by atoms with van der Waals surface area (Å²) in [5, 5.41) is 7.29. The number of hydrogen-bond acceptors (Lipinski definition) is 5. The zero-order chi connectivity index (χ0) is 28.3. The van der Waals surface area contributed by atoms with Gasteiger partial charge in [-0.05, 0) is 72.9 Å². The van der Waals surface area contributed by atoms with Crippen molar-refractivity contribution in [3.63, 3.8) is 0 Å². The third-order valence-corrected chi connectivity index (χ3v) is 7.52. The summed E-state index contributed by atoms with van der Waals surface area (Å²) in [6.45, 7) is 0. The van der Waals surface area contributed by atoms with Gasteiger partial charge in [-0.3, -0.25) is 14.6 Å². The van der Waals surface area contributed by atoms with E-state index in [1.54, 1.807) is 25.4 Å². The molecule has 2 amide bonds. The topological polar surface area (TPSA) is 93.2 Å². The van der Waals surface area contributed by atoms with Crippen LogP contribution in [0.4, 0.5) is 0 Å². The van der Waals surface area contributed by atoms with Crippen molar-refractivity contribution >= 4 is 34.3 Å². The number of fused-ring (bicyclic) bond motifs is 2. The normalized spacial score (nSPS) is 14.2. The Bertz CT molecular complexity index is 1770. The van der Waals surface area contributed by atoms with E-state index in [9.17, 15) is 9.59 Å². The highest BCUT2D eigenvalue weighted by molar-refractivity contribution is 6.30. The lowest BCUT2D eigenvalue weighted by Gasteiger charge is -2.26. The molecule has 2 N–H and O–H groups in total. The number of pyridine rings is 2. The largest absolute Gasteiger partial charge is 0.457 e. The number of aryl methyl sites for hydroxylation is 1. The zero-order valence-corrected chi connectivity index (χ0v) is 23.1. The van der Waals surface area contributed by atoms with E-state index in [-0.39, 0.29) is 23.6 Å². The van der Waals surface area contributed by atoms with Gasteiger partial charge in [-0.25, -0.2) is 4.98 Å². The number of aromatic nitrogens is 2. The van der Waals surface area contributed by atoms with E-state index in [0.29, 0.717) is 28.5 Å². The summed E-state index contributed by atoms with van der Waals surface area (Å²) in [7, 11) is 1.56. The number of nitrogens with one attached hydrogen (secondary N) is 2. The van der Waals surface area contributed by atoms with Crippen LogP contribution in [0.25, 0.3) is 22.2 Å². The fraction of sp³-hybridized carbons (Fsp3) is 0.152. The van der Waals surface area contributed by atoms with Gasteiger partial charge in [0.2, 0.25) is 0 Å². The predicted molar refractivity (Wildman–Crippen MR) is 160 cm³/mol. The van der Waals surface area contributed by atoms with Crippen LogP contribution in [0.2, 0.25) is 5.02 Å². The monoisotopic (exact) mass is 562 g/mol. The minimum Gasteiger partial charge on any atom is -0.457 e. The number of halogens is 1. The highest BCUT2D eigenvalue weighted by atomic mass is 35.5. The van der Waals surface area contributed by atoms with Crippen LogP contribution < -0.4 is 15.4 Å². The fourth-order valence-electron chi connectivity index (χ4n) is 5.18. The van der Waals surface area contributed by atoms with Gasteiger partial charge >= 0.3 is 0 Å². The quantitative estimate of drug-likeness (QED) is 0.250. The molecule has 204 valence electrons. The molecule has 2 aromatic heterocycles. The third-order valence-electron chi connectivity index (χ3n) is 7.27. The molecule has 8 heteroatoms. The van der Waals surface area contributed by atoms with Gasteiger partial charge in [-0.15, -0.1) is 0 Å². The standard InChI is InChI=1S/C33H27ClN4O3/c1-35-33(40)31-18-26(14-15-36-31)41-25-13-9-20-8-12-24(16-22(20)17-25)37-32(39)28-19-30(21-6-10-23(34)11-7-21)38-29-5-3-2-4-27(28)29/h2-7,9-11,13-15,17-19,24H,8,12,16H2,1H3,(H,35,40)(H,37,39). The summed E-state index contributed by atoms with van der Waals surface area (Å²) >= 11 is 6.08. The number of carbonyl (C=O) groups excluding carboxylic acids is 2. The molecule has 0 bridgehead atoms. The number of amides is 2. The van der Waals surface area contributed by atoms with Gasteiger partial charge in [0.1, 0.15) is 17.2 Å². The Morgan fingerprint density at radius 1 is 0.902 bits per heavy atom. The lowest BCUT2D eigenvalue weighted by Crippen LogP contribution is -2.39. The smallest absolute Gasteiger partial charge is 0.269 e. The molecule has 0 fully saturated rings. The van der Waals surface area contributed by atoms with E-state index in [0.717, 1.165) is 40.6 Å². The van der Waals surface area contributed by atoms with Crippen LogP contribution in [0.1, 0.15) is 38.4 Å². The number of nitrogens with zero attached hydrogens (tertiary/aromatic N) is 2. The summed E-state index contributed by atoms with van der Waals surface area (Å²) < 4.78 is 6.05. The van der Waals surface area contributed by atoms with Crippen molar-refractivity contribution in [2.75, 3.05) is 7.05 Å². The van der Waals surface area contributed by atoms with E-state index < -0.39 is 0 Å². The maximum Gasteiger partial charge on any atom is 0.269 e. The number of hydrogen-bond donors (Lipinski definition) is 2. The van der Waals surface area contributed by atoms with E-state index in [4.69, 9.17) is 21.3 Å². The van der Waals surface area contributed by atoms with Gasteiger partial charge < -0.3 is 15.4 Å². The maximum atomic E-state index is 13.7. The summed E-state index contributed by atoms with van der Waals surface area (Å²) in [5.41, 5.74) is 5.62. The Hall–Kier alpha value is -4.75. The molecule has 0 spiro atoms. The molecule has 5 aromatic rings. The molecular weight excluding hydrogens is 536 g/mol. The number of benzene rings is 3. The maximum absolute atomic E-state index is 13.7. The molecule has 0 radical (unpaired) electrons. The number of rotatable bonds is 6. The van der Waals surface area contributed by atoms with Crippen molar-refractivity contribution in [2.24, 2.45) is 0 Å². The van der Waals surface area contributed by atoms with Crippen LogP contribution in [0, 0.1) is 0 Å². The summed E-state index contributed by atoms with van der Waals surface area (Å²) in [6, 6.07) is 26.3. The van der Waals surface area contributed by atoms with Gasteiger partial charge in [0, 0.05) is 41.3 Å². The molecule has 2 heterocycles. The Labute approximate surface area is 242 Å². The van der Waals surface area contributed by atoms with Crippen LogP contribution in [0.5, 0.6) is 11.5 Å². The fourth-order valence-corrected chi connectivity index (χ4v) is 5.30. The highest BCUT2D eigenvalue weighted by Crippen LogP contribution is 2.30. The van der Waals surface area contributed by atoms with Crippen molar-refractivity contribution in [3.8, 4) is 22.8 Å². The predicted octanol–water partition coefficient (Wildman–Crippen LogP) is 6.39. The molecule has 1 aliphatic rings. The lowest BCUT2D eigenvalue weighted by molar-refractivity contribution is 0.0932. The van der Waals surface area contributed by atoms with E-state index >= 15 is 0 Å². The van der Waals surface area contributed by atoms with Gasteiger partial charge in [0.25, 0.3) is 11.8 Å². The summed E-state index contributed by atoms with van der Waals surface area (Å²) in [4.78, 5) is 34.5. The zero-order valence-electron chi connectivity index (χ0n) is 22.4. The molecule has 41 heavy (non-hydrogen) atoms. The number of carbonyl (C=O) groups is 2. The first-order valence-corrected chi connectivity index (χ1v) is 13.8. The van der Waals surface area contributed by atoms with Crippen LogP contribution in [0.15, 0.2) is 91.1 Å². The molecule has 3 aromatic carbocycles. The van der Waals surface area contributed by atoms with E-state index in [1.165, 1.54) is 5.56 Å². The summed E-state index contributed by atoms with van der Waals surface area (Å²) in [6.07, 6.45) is 3.92. The van der Waals surface area contributed by atoms with Gasteiger partial charge in [0.15, 0.2) is 0 Å². The molecule has 0 saturated heterocycles. The Kier molecular flexibility index (Phi) is 7.35. The second-order valence-electron chi connectivity index (χ2n) is 9.98. The number of para-hydroxylation sites is 1. The van der Waals surface area contributed by atoms with E-state index in [2.05, 4.69) is 21.7 Å². The van der Waals surface area contributed by atoms with Crippen LogP contribution in [-0.4, -0.2) is 34.9 Å². The van der Waals surface area contributed by atoms with Crippen LogP contribution in [-0.2, 0) is 12.8 Å². The Morgan fingerprint density at radius 3 is 2.54 bits per heavy atom. The average molecular weight is 563 g/mol. The Morgan fingerprint density at radius 2 is 1.71 bits per heavy atom. The molecule has 1 unspecified atom stereocenters. The Balaban J connectivity index is 1.22. The molecule has 1 atom stereocenters. The second kappa shape index (κ2) is 11.4. The van der Waals surface area contributed by atoms with Crippen LogP contribution in [0.3, 0.4) is 0 Å². The molecular formula is C33H27ClN4O3. The van der Waals surface area contributed by atoms with Crippen molar-refractivity contribution < 1.29 is 14.3 Å². The molecule has 6 rings (SSSR count). The summed E-state index contributed by atoms with van der Waals surface area (Å²) in [5.74, 6) is 0.790. The third kappa shape index (κ3) is 5.76. The molecule has 0 aliphatic heterocycles. The second-order valence-corrected chi connectivity index (χ2v) is 10.4. The van der Waals surface area contributed by atoms with Crippen molar-refractivity contribution in [1.82, 2.24) is 20.6 Å². The van der Waals surface area contributed by atoms with Crippen molar-refractivity contribution in [3.05, 3.63) is 119 Å². The SMILES string of the molecule is CNC(=O)c1cc(Oc2ccc3c(c2)CC(NC(=O)c2cc(-c4ccc(Cl)cc4)nc4ccccc24)CC3)ccn1. The highest BCUT2D eigenvalue weighted by Gasteiger charge is 2.23. The molecule has 1 aliphatic carbocycles. The molecule has 7 nitrogen and oxygen atoms in total. The van der Waals surface area contributed by atoms with Gasteiger partial charge in [-0.1, -0.05) is 48.0 Å². The molecule has 0 saturated carbocycles. The van der Waals surface area contributed by atoms with Crippen molar-refractivity contribution in [1.29, 1.82) is 0 Å². The van der Waals surface area contributed by atoms with E-state index in [1.807, 2.05) is 66.7 Å². The van der Waals surface area contributed by atoms with Crippen molar-refractivity contribution in [2.45, 2.75) is 25.3 Å². The van der Waals surface area contributed by atoms with Gasteiger partial charge in [0.05, 0.1) is 16.8 Å². The first-order valence-electron chi connectivity index (χ1n) is 13.4. The van der Waals surface area contributed by atoms with Crippen LogP contribution >= 0.6 is 11.6 Å². The van der Waals surface area contributed by atoms with Gasteiger partial charge in [-0.2, -0.15) is 0 Å².